The van der Waals surface area contributed by atoms with Crippen LogP contribution in [-0.2, 0) is 0 Å². The minimum Gasteiger partial charge on any atom is -0.491 e. The van der Waals surface area contributed by atoms with Crippen LogP contribution in [0.15, 0.2) is 48.5 Å². The quantitative estimate of drug-likeness (QED) is 0.939. The van der Waals surface area contributed by atoms with E-state index in [4.69, 9.17) is 10.5 Å². The number of aryl methyl sites for hydroxylation is 1. The zero-order chi connectivity index (χ0) is 14.8. The number of anilines is 1. The van der Waals surface area contributed by atoms with Gasteiger partial charge in [-0.05, 0) is 31.5 Å². The number of hydrogen-bond donors (Lipinski definition) is 1. The van der Waals surface area contributed by atoms with Crippen molar-refractivity contribution in [3.05, 3.63) is 59.7 Å². The zero-order valence-electron chi connectivity index (χ0n) is 12.6. The highest BCUT2D eigenvalue weighted by atomic mass is 16.5. The van der Waals surface area contributed by atoms with Gasteiger partial charge in [0.25, 0.3) is 0 Å². The second kappa shape index (κ2) is 5.78. The molecule has 0 aromatic heterocycles. The summed E-state index contributed by atoms with van der Waals surface area (Å²) in [5, 5.41) is 0. The van der Waals surface area contributed by atoms with Crippen LogP contribution in [0, 0.1) is 6.92 Å². The molecular weight excluding hydrogens is 260 g/mol. The van der Waals surface area contributed by atoms with Crippen LogP contribution >= 0.6 is 0 Å². The first-order valence-electron chi connectivity index (χ1n) is 7.52. The fraction of sp³-hybridized carbons (Fsp3) is 0.333. The Hall–Kier alpha value is -2.00. The highest BCUT2D eigenvalue weighted by molar-refractivity contribution is 5.55. The number of benzene rings is 2. The van der Waals surface area contributed by atoms with Gasteiger partial charge in [0.15, 0.2) is 0 Å². The van der Waals surface area contributed by atoms with Crippen molar-refractivity contribution >= 4 is 5.69 Å². The first-order valence-corrected chi connectivity index (χ1v) is 7.52. The van der Waals surface area contributed by atoms with E-state index in [-0.39, 0.29) is 12.1 Å². The maximum absolute atomic E-state index is 6.53. The molecule has 2 N–H and O–H groups in total. The molecule has 3 rings (SSSR count). The van der Waals surface area contributed by atoms with Crippen molar-refractivity contribution in [1.29, 1.82) is 0 Å². The molecule has 1 heterocycles. The Balaban J connectivity index is 1.95. The molecule has 0 bridgehead atoms. The molecule has 1 aliphatic heterocycles. The number of fused-ring (bicyclic) bond motifs is 1. The van der Waals surface area contributed by atoms with Gasteiger partial charge in [-0.3, -0.25) is 0 Å². The molecule has 0 saturated heterocycles. The summed E-state index contributed by atoms with van der Waals surface area (Å²) in [6.07, 6.45) is 0. The van der Waals surface area contributed by atoms with Crippen LogP contribution in [0.3, 0.4) is 0 Å². The minimum absolute atomic E-state index is 0.0329. The first kappa shape index (κ1) is 14.0. The fourth-order valence-corrected chi connectivity index (χ4v) is 3.13. The molecule has 2 aromatic carbocycles. The third-order valence-electron chi connectivity index (χ3n) is 4.27. The maximum Gasteiger partial charge on any atom is 0.124 e. The summed E-state index contributed by atoms with van der Waals surface area (Å²) in [5.74, 6) is 0.919. The van der Waals surface area contributed by atoms with Crippen LogP contribution in [0.2, 0.25) is 0 Å². The van der Waals surface area contributed by atoms with Crippen molar-refractivity contribution in [3.63, 3.8) is 0 Å². The Morgan fingerprint density at radius 1 is 1.14 bits per heavy atom. The highest BCUT2D eigenvalue weighted by Crippen LogP contribution is 2.34. The van der Waals surface area contributed by atoms with Gasteiger partial charge in [0, 0.05) is 17.8 Å². The van der Waals surface area contributed by atoms with Gasteiger partial charge < -0.3 is 15.4 Å². The topological polar surface area (TPSA) is 38.5 Å². The predicted molar refractivity (Wildman–Crippen MR) is 86.9 cm³/mol. The fourth-order valence-electron chi connectivity index (χ4n) is 3.13. The molecule has 0 radical (unpaired) electrons. The van der Waals surface area contributed by atoms with E-state index >= 15 is 0 Å². The van der Waals surface area contributed by atoms with Gasteiger partial charge >= 0.3 is 0 Å². The molecule has 0 saturated carbocycles. The Morgan fingerprint density at radius 3 is 2.62 bits per heavy atom. The molecule has 0 aliphatic carbocycles. The Bertz CT molecular complexity index is 626. The average Bonchev–Trinajstić information content (AvgIpc) is 2.52. The Morgan fingerprint density at radius 2 is 1.86 bits per heavy atom. The zero-order valence-corrected chi connectivity index (χ0v) is 12.6. The average molecular weight is 282 g/mol. The lowest BCUT2D eigenvalue weighted by molar-refractivity contribution is 0.233. The van der Waals surface area contributed by atoms with E-state index < -0.39 is 0 Å². The van der Waals surface area contributed by atoms with Crippen LogP contribution in [0.25, 0.3) is 0 Å². The molecule has 2 unspecified atom stereocenters. The number of likely N-dealkylation sites (N-methyl/N-ethyl adjacent to an activating group) is 1. The molecule has 3 nitrogen and oxygen atoms in total. The molecule has 3 heteroatoms. The smallest absolute Gasteiger partial charge is 0.124 e. The van der Waals surface area contributed by atoms with Crippen LogP contribution in [0.5, 0.6) is 5.75 Å². The third kappa shape index (κ3) is 2.49. The Kier molecular flexibility index (Phi) is 3.84. The van der Waals surface area contributed by atoms with E-state index in [1.807, 2.05) is 18.2 Å². The van der Waals surface area contributed by atoms with E-state index in [2.05, 4.69) is 49.1 Å². The molecular formula is C18H22N2O. The lowest BCUT2D eigenvalue weighted by Crippen LogP contribution is -2.49. The number of ether oxygens (including phenoxy) is 1. The monoisotopic (exact) mass is 282 g/mol. The molecule has 0 spiro atoms. The van der Waals surface area contributed by atoms with E-state index in [9.17, 15) is 0 Å². The van der Waals surface area contributed by atoms with Gasteiger partial charge in [0.05, 0.1) is 12.1 Å². The highest BCUT2D eigenvalue weighted by Gasteiger charge is 2.32. The van der Waals surface area contributed by atoms with Gasteiger partial charge in [-0.15, -0.1) is 0 Å². The minimum atomic E-state index is -0.0329. The first-order chi connectivity index (χ1) is 10.2. The van der Waals surface area contributed by atoms with E-state index in [0.717, 1.165) is 17.9 Å². The lowest BCUT2D eigenvalue weighted by atomic mass is 9.95. The molecule has 110 valence electrons. The summed E-state index contributed by atoms with van der Waals surface area (Å²) in [6, 6.07) is 16.6. The Labute approximate surface area is 126 Å². The lowest BCUT2D eigenvalue weighted by Gasteiger charge is -2.40. The summed E-state index contributed by atoms with van der Waals surface area (Å²) in [5.41, 5.74) is 10.1. The van der Waals surface area contributed by atoms with Crippen molar-refractivity contribution < 1.29 is 4.74 Å². The molecule has 2 atom stereocenters. The molecule has 2 aromatic rings. The number of para-hydroxylation sites is 2. The molecule has 0 amide bonds. The normalized spacial score (nSPS) is 20.5. The summed E-state index contributed by atoms with van der Waals surface area (Å²) >= 11 is 0. The van der Waals surface area contributed by atoms with Crippen molar-refractivity contribution in [3.8, 4) is 5.75 Å². The molecule has 21 heavy (non-hydrogen) atoms. The number of rotatable bonds is 3. The van der Waals surface area contributed by atoms with Crippen LogP contribution in [0.4, 0.5) is 5.69 Å². The van der Waals surface area contributed by atoms with Gasteiger partial charge in [-0.25, -0.2) is 0 Å². The molecule has 0 fully saturated rings. The van der Waals surface area contributed by atoms with Gasteiger partial charge in [-0.1, -0.05) is 36.4 Å². The van der Waals surface area contributed by atoms with Crippen molar-refractivity contribution in [2.75, 3.05) is 18.1 Å². The van der Waals surface area contributed by atoms with Crippen molar-refractivity contribution in [2.24, 2.45) is 5.73 Å². The van der Waals surface area contributed by atoms with E-state index in [0.29, 0.717) is 6.61 Å². The van der Waals surface area contributed by atoms with Crippen molar-refractivity contribution in [1.82, 2.24) is 0 Å². The van der Waals surface area contributed by atoms with E-state index in [1.165, 1.54) is 11.3 Å². The second-order valence-corrected chi connectivity index (χ2v) is 5.51. The van der Waals surface area contributed by atoms with Gasteiger partial charge in [0.1, 0.15) is 12.4 Å². The van der Waals surface area contributed by atoms with Crippen molar-refractivity contribution in [2.45, 2.75) is 25.9 Å². The molecule has 1 aliphatic rings. The predicted octanol–water partition coefficient (Wildman–Crippen LogP) is 3.28. The standard InChI is InChI=1S/C18H22N2O/c1-3-20(15-10-6-4-8-13(15)2)16-12-21-17-11-7-5-9-14(17)18(16)19/h4-11,16,18H,3,12,19H2,1-2H3. The largest absolute Gasteiger partial charge is 0.491 e. The van der Waals surface area contributed by atoms with E-state index in [1.54, 1.807) is 0 Å². The number of nitrogens with zero attached hydrogens (tertiary/aromatic N) is 1. The third-order valence-corrected chi connectivity index (χ3v) is 4.27. The SMILES string of the molecule is CCN(c1ccccc1C)C1COc2ccccc2C1N. The van der Waals surface area contributed by atoms with Gasteiger partial charge in [0.2, 0.25) is 0 Å². The summed E-state index contributed by atoms with van der Waals surface area (Å²) in [6.45, 7) is 5.84. The van der Waals surface area contributed by atoms with Crippen LogP contribution in [-0.4, -0.2) is 19.2 Å². The summed E-state index contributed by atoms with van der Waals surface area (Å²) in [7, 11) is 0. The van der Waals surface area contributed by atoms with Gasteiger partial charge in [-0.2, -0.15) is 0 Å². The number of nitrogens with two attached hydrogens (primary N) is 1. The van der Waals surface area contributed by atoms with Crippen LogP contribution in [0.1, 0.15) is 24.1 Å². The van der Waals surface area contributed by atoms with Crippen LogP contribution < -0.4 is 15.4 Å². The summed E-state index contributed by atoms with van der Waals surface area (Å²) < 4.78 is 5.93. The second-order valence-electron chi connectivity index (χ2n) is 5.51. The maximum atomic E-state index is 6.53. The number of hydrogen-bond acceptors (Lipinski definition) is 3. The summed E-state index contributed by atoms with van der Waals surface area (Å²) in [4.78, 5) is 2.36.